The van der Waals surface area contributed by atoms with Crippen LogP contribution in [-0.2, 0) is 4.79 Å². The zero-order chi connectivity index (χ0) is 19.3. The van der Waals surface area contributed by atoms with Crippen LogP contribution in [0.4, 0.5) is 9.93 Å². The van der Waals surface area contributed by atoms with E-state index < -0.39 is 12.1 Å². The Morgan fingerprint density at radius 1 is 1.27 bits per heavy atom. The molecule has 0 unspecified atom stereocenters. The summed E-state index contributed by atoms with van der Waals surface area (Å²) in [5, 5.41) is 5.75. The van der Waals surface area contributed by atoms with Crippen LogP contribution in [0.1, 0.15) is 25.1 Å². The molecule has 140 valence electrons. The van der Waals surface area contributed by atoms with Gasteiger partial charge in [0, 0.05) is 10.4 Å². The Morgan fingerprint density at radius 2 is 1.92 bits per heavy atom. The molecule has 3 amide bonds. The van der Waals surface area contributed by atoms with Crippen molar-refractivity contribution in [3.05, 3.63) is 29.1 Å². The number of carbonyl (C=O) groups excluding carboxylic acids is 2. The largest absolute Gasteiger partial charge is 0.497 e. The van der Waals surface area contributed by atoms with Crippen molar-refractivity contribution in [2.75, 3.05) is 12.4 Å². The summed E-state index contributed by atoms with van der Waals surface area (Å²) in [4.78, 5) is 29.1. The molecule has 1 aromatic carbocycles. The average Bonchev–Trinajstić information content (AvgIpc) is 2.93. The highest BCUT2D eigenvalue weighted by molar-refractivity contribution is 7.16. The maximum atomic E-state index is 12.5. The Balaban J connectivity index is 2.16. The first-order valence-electron chi connectivity index (χ1n) is 8.28. The number of carbonyl (C=O) groups is 2. The minimum Gasteiger partial charge on any atom is -0.497 e. The first kappa shape index (κ1) is 19.7. The van der Waals surface area contributed by atoms with Gasteiger partial charge in [-0.3, -0.25) is 4.79 Å². The van der Waals surface area contributed by atoms with Crippen molar-refractivity contribution in [1.82, 2.24) is 10.3 Å². The van der Waals surface area contributed by atoms with E-state index in [1.165, 1.54) is 11.3 Å². The predicted octanol–water partition coefficient (Wildman–Crippen LogP) is 3.15. The summed E-state index contributed by atoms with van der Waals surface area (Å²) < 4.78 is 5.16. The topological polar surface area (TPSA) is 106 Å². The molecule has 8 heteroatoms. The molecule has 0 bridgehead atoms. The summed E-state index contributed by atoms with van der Waals surface area (Å²) in [5.41, 5.74) is 6.92. The third-order valence-corrected chi connectivity index (χ3v) is 4.62. The van der Waals surface area contributed by atoms with Gasteiger partial charge in [0.2, 0.25) is 5.91 Å². The van der Waals surface area contributed by atoms with Crippen molar-refractivity contribution in [2.45, 2.75) is 33.2 Å². The number of hydrogen-bond acceptors (Lipinski definition) is 5. The van der Waals surface area contributed by atoms with Crippen LogP contribution in [0.25, 0.3) is 11.3 Å². The number of anilines is 1. The zero-order valence-corrected chi connectivity index (χ0v) is 16.1. The number of nitrogens with two attached hydrogens (primary N) is 1. The molecule has 2 aromatic rings. The Labute approximate surface area is 157 Å². The highest BCUT2D eigenvalue weighted by Crippen LogP contribution is 2.31. The maximum absolute atomic E-state index is 12.5. The highest BCUT2D eigenvalue weighted by atomic mass is 32.1. The van der Waals surface area contributed by atoms with E-state index in [0.717, 1.165) is 21.9 Å². The van der Waals surface area contributed by atoms with Crippen LogP contribution in [0.5, 0.6) is 5.75 Å². The second-order valence-electron chi connectivity index (χ2n) is 6.33. The normalized spacial score (nSPS) is 11.9. The molecule has 0 aliphatic carbocycles. The predicted molar refractivity (Wildman–Crippen MR) is 103 cm³/mol. The summed E-state index contributed by atoms with van der Waals surface area (Å²) in [7, 11) is 1.62. The third kappa shape index (κ3) is 5.19. The number of aromatic nitrogens is 1. The van der Waals surface area contributed by atoms with Gasteiger partial charge < -0.3 is 21.1 Å². The number of methoxy groups -OCH3 is 1. The molecule has 1 aromatic heterocycles. The van der Waals surface area contributed by atoms with Crippen LogP contribution < -0.4 is 21.1 Å². The average molecular weight is 376 g/mol. The summed E-state index contributed by atoms with van der Waals surface area (Å²) in [6.07, 6.45) is 0.491. The molecular weight excluding hydrogens is 352 g/mol. The molecule has 2 rings (SSSR count). The number of thiazole rings is 1. The standard InChI is InChI=1S/C18H24N4O3S/c1-10(2)9-14(20-17(19)24)16(23)22-18-21-15(11(3)26-18)12-5-7-13(25-4)8-6-12/h5-8,10,14H,9H2,1-4H3,(H3,19,20,24)(H,21,22,23)/t14-/m1/s1. The number of primary amides is 1. The Hall–Kier alpha value is -2.61. The summed E-state index contributed by atoms with van der Waals surface area (Å²) in [6.45, 7) is 5.89. The van der Waals surface area contributed by atoms with Crippen molar-refractivity contribution in [1.29, 1.82) is 0 Å². The summed E-state index contributed by atoms with van der Waals surface area (Å²) >= 11 is 1.38. The summed E-state index contributed by atoms with van der Waals surface area (Å²) in [5.74, 6) is 0.669. The van der Waals surface area contributed by atoms with Gasteiger partial charge in [0.15, 0.2) is 5.13 Å². The van der Waals surface area contributed by atoms with Gasteiger partial charge in [-0.05, 0) is 43.5 Å². The number of benzene rings is 1. The van der Waals surface area contributed by atoms with E-state index in [0.29, 0.717) is 11.6 Å². The number of urea groups is 1. The molecule has 0 aliphatic heterocycles. The number of nitrogens with zero attached hydrogens (tertiary/aromatic N) is 1. The minimum absolute atomic E-state index is 0.227. The highest BCUT2D eigenvalue weighted by Gasteiger charge is 2.22. The number of ether oxygens (including phenoxy) is 1. The van der Waals surface area contributed by atoms with Crippen molar-refractivity contribution in [3.63, 3.8) is 0 Å². The van der Waals surface area contributed by atoms with Gasteiger partial charge in [0.25, 0.3) is 0 Å². The quantitative estimate of drug-likeness (QED) is 0.690. The molecule has 7 nitrogen and oxygen atoms in total. The van der Waals surface area contributed by atoms with E-state index in [1.807, 2.05) is 45.0 Å². The van der Waals surface area contributed by atoms with Gasteiger partial charge >= 0.3 is 6.03 Å². The lowest BCUT2D eigenvalue weighted by Crippen LogP contribution is -2.46. The van der Waals surface area contributed by atoms with E-state index in [-0.39, 0.29) is 11.8 Å². The molecule has 0 fully saturated rings. The van der Waals surface area contributed by atoms with Gasteiger partial charge in [-0.1, -0.05) is 13.8 Å². The molecule has 0 saturated heterocycles. The fourth-order valence-electron chi connectivity index (χ4n) is 2.53. The summed E-state index contributed by atoms with van der Waals surface area (Å²) in [6, 6.07) is 6.15. The maximum Gasteiger partial charge on any atom is 0.312 e. The molecule has 1 heterocycles. The molecule has 26 heavy (non-hydrogen) atoms. The van der Waals surface area contributed by atoms with Gasteiger partial charge in [-0.25, -0.2) is 9.78 Å². The monoisotopic (exact) mass is 376 g/mol. The Morgan fingerprint density at radius 3 is 2.46 bits per heavy atom. The fourth-order valence-corrected chi connectivity index (χ4v) is 3.37. The molecule has 0 aliphatic rings. The number of nitrogens with one attached hydrogen (secondary N) is 2. The lowest BCUT2D eigenvalue weighted by atomic mass is 10.0. The smallest absolute Gasteiger partial charge is 0.312 e. The molecule has 0 saturated carbocycles. The van der Waals surface area contributed by atoms with Crippen LogP contribution >= 0.6 is 11.3 Å². The van der Waals surface area contributed by atoms with Crippen LogP contribution in [0.15, 0.2) is 24.3 Å². The van der Waals surface area contributed by atoms with Crippen LogP contribution in [0.2, 0.25) is 0 Å². The molecule has 1 atom stereocenters. The molecule has 0 radical (unpaired) electrons. The second kappa shape index (κ2) is 8.66. The van der Waals surface area contributed by atoms with Crippen LogP contribution in [0.3, 0.4) is 0 Å². The first-order chi connectivity index (χ1) is 12.3. The minimum atomic E-state index is -0.722. The van der Waals surface area contributed by atoms with Crippen molar-refractivity contribution < 1.29 is 14.3 Å². The SMILES string of the molecule is COc1ccc(-c2nc(NC(=O)[C@@H](CC(C)C)NC(N)=O)sc2C)cc1. The second-order valence-corrected chi connectivity index (χ2v) is 7.54. The first-order valence-corrected chi connectivity index (χ1v) is 9.10. The van der Waals surface area contributed by atoms with Crippen molar-refractivity contribution in [3.8, 4) is 17.0 Å². The number of rotatable bonds is 7. The zero-order valence-electron chi connectivity index (χ0n) is 15.3. The van der Waals surface area contributed by atoms with Crippen LogP contribution in [0, 0.1) is 12.8 Å². The van der Waals surface area contributed by atoms with Gasteiger partial charge in [0.1, 0.15) is 11.8 Å². The third-order valence-electron chi connectivity index (χ3n) is 3.73. The number of aryl methyl sites for hydroxylation is 1. The van der Waals surface area contributed by atoms with Crippen molar-refractivity contribution >= 4 is 28.4 Å². The molecule has 0 spiro atoms. The lowest BCUT2D eigenvalue weighted by molar-refractivity contribution is -0.118. The van der Waals surface area contributed by atoms with E-state index in [9.17, 15) is 9.59 Å². The van der Waals surface area contributed by atoms with E-state index in [2.05, 4.69) is 15.6 Å². The van der Waals surface area contributed by atoms with Gasteiger partial charge in [0.05, 0.1) is 12.8 Å². The van der Waals surface area contributed by atoms with E-state index in [1.54, 1.807) is 7.11 Å². The van der Waals surface area contributed by atoms with Crippen LogP contribution in [-0.4, -0.2) is 30.1 Å². The number of amides is 3. The Bertz CT molecular complexity index is 771. The molecular formula is C18H24N4O3S. The fraction of sp³-hybridized carbons (Fsp3) is 0.389. The van der Waals surface area contributed by atoms with Crippen molar-refractivity contribution in [2.24, 2.45) is 11.7 Å². The van der Waals surface area contributed by atoms with E-state index >= 15 is 0 Å². The molecule has 4 N–H and O–H groups in total. The van der Waals surface area contributed by atoms with Gasteiger partial charge in [-0.2, -0.15) is 0 Å². The van der Waals surface area contributed by atoms with Gasteiger partial charge in [-0.15, -0.1) is 11.3 Å². The number of hydrogen-bond donors (Lipinski definition) is 3. The van der Waals surface area contributed by atoms with E-state index in [4.69, 9.17) is 10.5 Å². The Kier molecular flexibility index (Phi) is 6.57. The lowest BCUT2D eigenvalue weighted by Gasteiger charge is -2.18.